The molecule has 1 spiro atoms. The standard InChI is InChI=1S/C23H28N2O7/c1-25-10-9-22-18-12-3-5-14(30-2)19(18)32-20(22)15(7-8-23(22,29)16(25)11-12)31-17(26)6-4-13(24)21(27)28/h3,5,7,13,16,20,29H,4,6,8-11,24H2,1-2H3,(H,27,28)/t13-,16-,20+,22+,23-/m0/s1. The van der Waals surface area contributed by atoms with Crippen molar-refractivity contribution in [1.82, 2.24) is 4.90 Å². The van der Waals surface area contributed by atoms with E-state index < -0.39 is 35.1 Å². The zero-order chi connectivity index (χ0) is 22.8. The molecule has 5 rings (SSSR count). The number of esters is 1. The van der Waals surface area contributed by atoms with Crippen molar-refractivity contribution in [2.24, 2.45) is 5.73 Å². The maximum Gasteiger partial charge on any atom is 0.320 e. The molecule has 2 aliphatic carbocycles. The van der Waals surface area contributed by atoms with E-state index >= 15 is 0 Å². The van der Waals surface area contributed by atoms with Crippen molar-refractivity contribution >= 4 is 11.9 Å². The first kappa shape index (κ1) is 21.2. The molecule has 32 heavy (non-hydrogen) atoms. The van der Waals surface area contributed by atoms with Crippen molar-refractivity contribution in [2.75, 3.05) is 20.7 Å². The molecule has 2 bridgehead atoms. The summed E-state index contributed by atoms with van der Waals surface area (Å²) < 4.78 is 17.7. The van der Waals surface area contributed by atoms with Crippen LogP contribution in [0.15, 0.2) is 24.0 Å². The van der Waals surface area contributed by atoms with Gasteiger partial charge in [0.2, 0.25) is 0 Å². The molecule has 5 atom stereocenters. The van der Waals surface area contributed by atoms with E-state index in [0.29, 0.717) is 36.5 Å². The lowest BCUT2D eigenvalue weighted by molar-refractivity contribution is -0.169. The number of carboxylic acid groups (broad SMARTS) is 1. The number of likely N-dealkylation sites (tertiary alicyclic amines) is 1. The van der Waals surface area contributed by atoms with Crippen LogP contribution in [0.2, 0.25) is 0 Å². The van der Waals surface area contributed by atoms with Crippen molar-refractivity contribution in [1.29, 1.82) is 0 Å². The molecule has 2 heterocycles. The highest BCUT2D eigenvalue weighted by molar-refractivity contribution is 5.76. The lowest BCUT2D eigenvalue weighted by Gasteiger charge is -2.61. The Labute approximate surface area is 185 Å². The summed E-state index contributed by atoms with van der Waals surface area (Å²) in [4.78, 5) is 25.7. The van der Waals surface area contributed by atoms with Crippen molar-refractivity contribution in [3.8, 4) is 11.5 Å². The van der Waals surface area contributed by atoms with Crippen LogP contribution in [0.1, 0.15) is 36.8 Å². The first-order valence-electron chi connectivity index (χ1n) is 10.9. The van der Waals surface area contributed by atoms with E-state index in [1.165, 1.54) is 0 Å². The van der Waals surface area contributed by atoms with Gasteiger partial charge in [-0.25, -0.2) is 0 Å². The SMILES string of the molecule is COc1ccc2c3c1O[C@@H]1C(OC(=O)CC[C@H](N)C(=O)O)=CC[C@]4(O)[C@H](C2)N(C)CC[C@@]314. The van der Waals surface area contributed by atoms with E-state index in [4.69, 9.17) is 25.1 Å². The summed E-state index contributed by atoms with van der Waals surface area (Å²) in [6, 6.07) is 2.70. The maximum atomic E-state index is 12.5. The average Bonchev–Trinajstić information content (AvgIpc) is 3.12. The topological polar surface area (TPSA) is 132 Å². The van der Waals surface area contributed by atoms with Crippen molar-refractivity contribution in [2.45, 2.75) is 61.3 Å². The Kier molecular flexibility index (Phi) is 4.77. The van der Waals surface area contributed by atoms with Gasteiger partial charge in [-0.2, -0.15) is 0 Å². The number of hydrogen-bond donors (Lipinski definition) is 3. The summed E-state index contributed by atoms with van der Waals surface area (Å²) in [5.41, 5.74) is 5.77. The first-order chi connectivity index (χ1) is 15.2. The van der Waals surface area contributed by atoms with Gasteiger partial charge in [0.15, 0.2) is 17.6 Å². The fourth-order valence-electron chi connectivity index (χ4n) is 6.17. The highest BCUT2D eigenvalue weighted by Crippen LogP contribution is 2.65. The molecule has 4 aliphatic rings. The van der Waals surface area contributed by atoms with Gasteiger partial charge in [0.1, 0.15) is 11.8 Å². The van der Waals surface area contributed by atoms with Gasteiger partial charge in [-0.05, 0) is 50.6 Å². The Hall–Kier alpha value is -2.62. The number of piperidine rings is 1. The maximum absolute atomic E-state index is 12.5. The smallest absolute Gasteiger partial charge is 0.320 e. The third-order valence-electron chi connectivity index (χ3n) is 7.77. The number of likely N-dealkylation sites (N-methyl/N-ethyl adjacent to an activating group) is 1. The molecule has 0 radical (unpaired) electrons. The van der Waals surface area contributed by atoms with Gasteiger partial charge in [-0.3, -0.25) is 9.59 Å². The normalized spacial score (nSPS) is 32.9. The number of carbonyl (C=O) groups is 2. The monoisotopic (exact) mass is 444 g/mol. The van der Waals surface area contributed by atoms with Crippen LogP contribution >= 0.6 is 0 Å². The summed E-state index contributed by atoms with van der Waals surface area (Å²) in [7, 11) is 3.61. The zero-order valence-corrected chi connectivity index (χ0v) is 18.2. The molecule has 0 saturated carbocycles. The van der Waals surface area contributed by atoms with Gasteiger partial charge >= 0.3 is 11.9 Å². The fourth-order valence-corrected chi connectivity index (χ4v) is 6.17. The van der Waals surface area contributed by atoms with E-state index in [0.717, 1.165) is 17.7 Å². The van der Waals surface area contributed by atoms with Gasteiger partial charge in [-0.15, -0.1) is 0 Å². The van der Waals surface area contributed by atoms with Crippen molar-refractivity contribution in [3.63, 3.8) is 0 Å². The van der Waals surface area contributed by atoms with Crippen LogP contribution in [-0.2, 0) is 26.2 Å². The number of benzene rings is 1. The van der Waals surface area contributed by atoms with E-state index in [1.54, 1.807) is 13.2 Å². The molecule has 1 fully saturated rings. The highest BCUT2D eigenvalue weighted by atomic mass is 16.6. The summed E-state index contributed by atoms with van der Waals surface area (Å²) >= 11 is 0. The fraction of sp³-hybridized carbons (Fsp3) is 0.565. The van der Waals surface area contributed by atoms with Crippen LogP contribution < -0.4 is 15.2 Å². The van der Waals surface area contributed by atoms with Crippen LogP contribution in [0.5, 0.6) is 11.5 Å². The Morgan fingerprint density at radius 2 is 2.19 bits per heavy atom. The Morgan fingerprint density at radius 1 is 1.41 bits per heavy atom. The third kappa shape index (κ3) is 2.68. The number of nitrogens with two attached hydrogens (primary N) is 1. The minimum atomic E-state index is -1.16. The van der Waals surface area contributed by atoms with Gasteiger partial charge < -0.3 is 35.1 Å². The predicted molar refractivity (Wildman–Crippen MR) is 112 cm³/mol. The number of carboxylic acids is 1. The molecule has 9 nitrogen and oxygen atoms in total. The first-order valence-corrected chi connectivity index (χ1v) is 10.9. The average molecular weight is 444 g/mol. The minimum Gasteiger partial charge on any atom is -0.493 e. The third-order valence-corrected chi connectivity index (χ3v) is 7.77. The van der Waals surface area contributed by atoms with Crippen LogP contribution in [0.4, 0.5) is 0 Å². The molecule has 0 amide bonds. The highest BCUT2D eigenvalue weighted by Gasteiger charge is 2.72. The van der Waals surface area contributed by atoms with Gasteiger partial charge in [0.25, 0.3) is 0 Å². The Balaban J connectivity index is 1.53. The quantitative estimate of drug-likeness (QED) is 0.543. The summed E-state index contributed by atoms with van der Waals surface area (Å²) in [6.07, 6.45) is 2.61. The molecule has 2 aliphatic heterocycles. The summed E-state index contributed by atoms with van der Waals surface area (Å²) in [6.45, 7) is 0.775. The van der Waals surface area contributed by atoms with Gasteiger partial charge in [0, 0.05) is 24.4 Å². The number of aliphatic hydroxyl groups is 1. The second-order valence-electron chi connectivity index (χ2n) is 9.24. The second-order valence-corrected chi connectivity index (χ2v) is 9.24. The minimum absolute atomic E-state index is 0.0207. The molecule has 0 aromatic heterocycles. The van der Waals surface area contributed by atoms with E-state index in [-0.39, 0.29) is 18.9 Å². The van der Waals surface area contributed by atoms with Crippen molar-refractivity contribution in [3.05, 3.63) is 35.1 Å². The molecular weight excluding hydrogens is 416 g/mol. The molecule has 1 aromatic carbocycles. The van der Waals surface area contributed by atoms with E-state index in [1.807, 2.05) is 19.2 Å². The molecule has 1 aromatic rings. The van der Waals surface area contributed by atoms with Gasteiger partial charge in [-0.1, -0.05) is 6.07 Å². The lowest BCUT2D eigenvalue weighted by atomic mass is 9.50. The molecule has 0 unspecified atom stereocenters. The van der Waals surface area contributed by atoms with E-state index in [2.05, 4.69) is 4.90 Å². The zero-order valence-electron chi connectivity index (χ0n) is 18.2. The predicted octanol–water partition coefficient (Wildman–Crippen LogP) is 0.708. The number of aliphatic carboxylic acids is 1. The molecule has 172 valence electrons. The van der Waals surface area contributed by atoms with E-state index in [9.17, 15) is 14.7 Å². The lowest BCUT2D eigenvalue weighted by Crippen LogP contribution is -2.74. The summed E-state index contributed by atoms with van der Waals surface area (Å²) in [5, 5.41) is 21.1. The number of ether oxygens (including phenoxy) is 3. The number of hydrogen-bond acceptors (Lipinski definition) is 8. The van der Waals surface area contributed by atoms with Crippen LogP contribution in [0.3, 0.4) is 0 Å². The number of carbonyl (C=O) groups excluding carboxylic acids is 1. The largest absolute Gasteiger partial charge is 0.493 e. The van der Waals surface area contributed by atoms with Crippen LogP contribution in [0.25, 0.3) is 0 Å². The molecular formula is C23H28N2O7. The van der Waals surface area contributed by atoms with Crippen LogP contribution in [0, 0.1) is 0 Å². The molecule has 1 saturated heterocycles. The molecule has 4 N–H and O–H groups in total. The number of methoxy groups -OCH3 is 1. The Bertz CT molecular complexity index is 1020. The molecule has 9 heteroatoms. The van der Waals surface area contributed by atoms with Crippen LogP contribution in [-0.4, -0.2) is 71.5 Å². The van der Waals surface area contributed by atoms with Gasteiger partial charge in [0.05, 0.1) is 18.1 Å². The second kappa shape index (κ2) is 7.19. The van der Waals surface area contributed by atoms with Crippen molar-refractivity contribution < 1.29 is 34.0 Å². The summed E-state index contributed by atoms with van der Waals surface area (Å²) in [5.74, 6) is -0.175. The Morgan fingerprint density at radius 3 is 2.91 bits per heavy atom. The number of rotatable bonds is 6. The number of nitrogens with zero attached hydrogens (tertiary/aromatic N) is 1.